The molecule has 1 aromatic rings. The van der Waals surface area contributed by atoms with Crippen molar-refractivity contribution in [1.29, 1.82) is 0 Å². The average Bonchev–Trinajstić information content (AvgIpc) is 3.06. The van der Waals surface area contributed by atoms with Gasteiger partial charge in [-0.15, -0.1) is 5.10 Å². The van der Waals surface area contributed by atoms with E-state index < -0.39 is 0 Å². The molecule has 2 atom stereocenters. The molecule has 0 N–H and O–H groups in total. The van der Waals surface area contributed by atoms with Gasteiger partial charge in [-0.05, 0) is 5.92 Å². The van der Waals surface area contributed by atoms with Crippen molar-refractivity contribution >= 4 is 29.0 Å². The van der Waals surface area contributed by atoms with E-state index in [0.717, 1.165) is 51.5 Å². The number of nitrogens with zero attached hydrogens (tertiary/aromatic N) is 5. The topological polar surface area (TPSA) is 52.6 Å². The highest BCUT2D eigenvalue weighted by Gasteiger charge is 2.35. The van der Waals surface area contributed by atoms with Crippen LogP contribution in [0.25, 0.3) is 0 Å². The molecule has 1 aromatic heterocycles. The van der Waals surface area contributed by atoms with Gasteiger partial charge in [-0.2, -0.15) is 0 Å². The number of hydrogen-bond acceptors (Lipinski definition) is 6. The first-order valence-corrected chi connectivity index (χ1v) is 8.88. The lowest BCUT2D eigenvalue weighted by Gasteiger charge is -2.39. The lowest BCUT2D eigenvalue weighted by molar-refractivity contribution is -0.130. The molecule has 0 aliphatic carbocycles. The Morgan fingerprint density at radius 3 is 2.64 bits per heavy atom. The second-order valence-corrected chi connectivity index (χ2v) is 7.63. The fraction of sp³-hybridized carbons (Fsp3) is 0.786. The molecule has 22 heavy (non-hydrogen) atoms. The Balaban J connectivity index is 1.55. The van der Waals surface area contributed by atoms with Gasteiger partial charge in [0.05, 0.1) is 0 Å². The maximum absolute atomic E-state index is 11.4. The zero-order chi connectivity index (χ0) is 15.7. The third kappa shape index (κ3) is 3.42. The van der Waals surface area contributed by atoms with E-state index in [1.165, 1.54) is 11.5 Å². The van der Waals surface area contributed by atoms with E-state index in [0.29, 0.717) is 16.3 Å². The van der Waals surface area contributed by atoms with E-state index in [1.807, 2.05) is 4.90 Å². The van der Waals surface area contributed by atoms with E-state index in [4.69, 9.17) is 11.6 Å². The summed E-state index contributed by atoms with van der Waals surface area (Å²) >= 11 is 7.35. The van der Waals surface area contributed by atoms with Gasteiger partial charge < -0.3 is 4.90 Å². The number of likely N-dealkylation sites (tertiary alicyclic amines) is 1. The van der Waals surface area contributed by atoms with Crippen LogP contribution in [-0.2, 0) is 11.3 Å². The number of hydrogen-bond donors (Lipinski definition) is 0. The predicted molar refractivity (Wildman–Crippen MR) is 87.0 cm³/mol. The molecule has 2 aliphatic rings. The van der Waals surface area contributed by atoms with Crippen molar-refractivity contribution in [2.75, 3.05) is 39.3 Å². The van der Waals surface area contributed by atoms with Crippen LogP contribution in [0.4, 0.5) is 0 Å². The highest BCUT2D eigenvalue weighted by molar-refractivity contribution is 7.10. The van der Waals surface area contributed by atoms with Crippen LogP contribution < -0.4 is 0 Å². The van der Waals surface area contributed by atoms with Gasteiger partial charge in [0.2, 0.25) is 5.91 Å². The van der Waals surface area contributed by atoms with Crippen molar-refractivity contribution in [2.45, 2.75) is 26.4 Å². The predicted octanol–water partition coefficient (Wildman–Crippen LogP) is 1.18. The normalized spacial score (nSPS) is 27.5. The van der Waals surface area contributed by atoms with Gasteiger partial charge in [0.25, 0.3) is 0 Å². The Morgan fingerprint density at radius 1 is 1.32 bits per heavy atom. The van der Waals surface area contributed by atoms with Crippen molar-refractivity contribution in [3.8, 4) is 0 Å². The smallest absolute Gasteiger partial charge is 0.219 e. The first-order valence-electron chi connectivity index (χ1n) is 7.73. The maximum atomic E-state index is 11.4. The summed E-state index contributed by atoms with van der Waals surface area (Å²) < 4.78 is 4.60. The molecular weight excluding hydrogens is 322 g/mol. The fourth-order valence-electron chi connectivity index (χ4n) is 3.52. The van der Waals surface area contributed by atoms with Crippen molar-refractivity contribution in [3.05, 3.63) is 10.0 Å². The van der Waals surface area contributed by atoms with Crippen LogP contribution in [0.3, 0.4) is 0 Å². The summed E-state index contributed by atoms with van der Waals surface area (Å²) in [4.78, 5) is 18.3. The summed E-state index contributed by atoms with van der Waals surface area (Å²) in [6, 6.07) is 0.555. The van der Waals surface area contributed by atoms with Crippen LogP contribution in [0.5, 0.6) is 0 Å². The first kappa shape index (κ1) is 16.1. The molecule has 2 saturated heterocycles. The highest BCUT2D eigenvalue weighted by atomic mass is 35.5. The van der Waals surface area contributed by atoms with E-state index in [1.54, 1.807) is 6.92 Å². The fourth-order valence-corrected chi connectivity index (χ4v) is 4.14. The number of amides is 1. The Bertz CT molecular complexity index is 531. The summed E-state index contributed by atoms with van der Waals surface area (Å²) in [5.74, 6) is 0.806. The van der Waals surface area contributed by atoms with Crippen LogP contribution >= 0.6 is 23.1 Å². The van der Waals surface area contributed by atoms with Crippen molar-refractivity contribution in [3.63, 3.8) is 0 Å². The van der Waals surface area contributed by atoms with Crippen LogP contribution in [0.2, 0.25) is 4.34 Å². The van der Waals surface area contributed by atoms with E-state index in [2.05, 4.69) is 26.3 Å². The lowest BCUT2D eigenvalue weighted by Crippen LogP contribution is -2.53. The molecule has 0 aromatic carbocycles. The Kier molecular flexibility index (Phi) is 4.97. The number of carbonyl (C=O) groups excluding carboxylic acids is 1. The van der Waals surface area contributed by atoms with Crippen LogP contribution in [0.1, 0.15) is 19.5 Å². The van der Waals surface area contributed by atoms with Gasteiger partial charge in [-0.1, -0.05) is 23.0 Å². The van der Waals surface area contributed by atoms with Gasteiger partial charge in [0.1, 0.15) is 10.0 Å². The molecule has 1 amide bonds. The number of aromatic nitrogens is 2. The van der Waals surface area contributed by atoms with Gasteiger partial charge in [0, 0.05) is 70.3 Å². The van der Waals surface area contributed by atoms with Crippen LogP contribution in [-0.4, -0.2) is 75.5 Å². The zero-order valence-electron chi connectivity index (χ0n) is 13.0. The van der Waals surface area contributed by atoms with Crippen molar-refractivity contribution in [2.24, 2.45) is 5.92 Å². The average molecular weight is 344 g/mol. The summed E-state index contributed by atoms with van der Waals surface area (Å²) in [5.41, 5.74) is 0.890. The molecule has 0 spiro atoms. The molecule has 3 heterocycles. The number of piperazine rings is 1. The number of halogens is 1. The van der Waals surface area contributed by atoms with Crippen LogP contribution in [0, 0.1) is 5.92 Å². The molecule has 6 nitrogen and oxygen atoms in total. The minimum atomic E-state index is 0.187. The van der Waals surface area contributed by atoms with E-state index in [-0.39, 0.29) is 5.91 Å². The minimum absolute atomic E-state index is 0.187. The third-order valence-corrected chi connectivity index (χ3v) is 5.74. The quantitative estimate of drug-likeness (QED) is 0.824. The largest absolute Gasteiger partial charge is 0.340 e. The number of carbonyl (C=O) groups is 1. The van der Waals surface area contributed by atoms with Gasteiger partial charge in [-0.25, -0.2) is 0 Å². The summed E-state index contributed by atoms with van der Waals surface area (Å²) in [6.07, 6.45) is 0. The standard InChI is InChI=1S/C14H22ClN5OS/c1-10-7-18(8-12-14(15)22-17-16-12)9-13(10)20-5-3-19(4-6-20)11(2)21/h10,13H,3-9H2,1-2H3/t10-,13-/m1/s1. The monoisotopic (exact) mass is 343 g/mol. The SMILES string of the molecule is CC(=O)N1CCN([C@@H]2CN(Cc3nnsc3Cl)C[C@H]2C)CC1. The second kappa shape index (κ2) is 6.78. The Morgan fingerprint density at radius 2 is 2.05 bits per heavy atom. The second-order valence-electron chi connectivity index (χ2n) is 6.27. The van der Waals surface area contributed by atoms with Crippen molar-refractivity contribution in [1.82, 2.24) is 24.3 Å². The van der Waals surface area contributed by atoms with E-state index >= 15 is 0 Å². The minimum Gasteiger partial charge on any atom is -0.340 e. The summed E-state index contributed by atoms with van der Waals surface area (Å²) in [6.45, 7) is 10.5. The van der Waals surface area contributed by atoms with Gasteiger partial charge >= 0.3 is 0 Å². The molecule has 0 saturated carbocycles. The molecule has 0 bridgehead atoms. The highest BCUT2D eigenvalue weighted by Crippen LogP contribution is 2.26. The Labute approximate surface area is 140 Å². The third-order valence-electron chi connectivity index (χ3n) is 4.76. The van der Waals surface area contributed by atoms with Crippen LogP contribution in [0.15, 0.2) is 0 Å². The molecule has 0 radical (unpaired) electrons. The van der Waals surface area contributed by atoms with Gasteiger partial charge in [0.15, 0.2) is 0 Å². The Hall–Kier alpha value is -0.760. The molecule has 2 aliphatic heterocycles. The molecule has 122 valence electrons. The summed E-state index contributed by atoms with van der Waals surface area (Å²) in [7, 11) is 0. The first-order chi connectivity index (χ1) is 10.5. The zero-order valence-corrected chi connectivity index (χ0v) is 14.6. The van der Waals surface area contributed by atoms with Gasteiger partial charge in [-0.3, -0.25) is 14.6 Å². The maximum Gasteiger partial charge on any atom is 0.219 e. The molecule has 3 rings (SSSR count). The van der Waals surface area contributed by atoms with E-state index in [9.17, 15) is 4.79 Å². The molecule has 2 fully saturated rings. The van der Waals surface area contributed by atoms with Crippen molar-refractivity contribution < 1.29 is 4.79 Å². The number of rotatable bonds is 3. The molecule has 0 unspecified atom stereocenters. The molecular formula is C14H22ClN5OS. The molecule has 8 heteroatoms. The lowest BCUT2D eigenvalue weighted by atomic mass is 10.0. The summed E-state index contributed by atoms with van der Waals surface area (Å²) in [5, 5.41) is 4.11.